The Morgan fingerprint density at radius 3 is 2.63 bits per heavy atom. The lowest BCUT2D eigenvalue weighted by Crippen LogP contribution is -2.51. The van der Waals surface area contributed by atoms with E-state index in [1.807, 2.05) is 13.8 Å². The van der Waals surface area contributed by atoms with Gasteiger partial charge in [-0.2, -0.15) is 4.31 Å². The number of carbonyl (C=O) groups is 1. The smallest absolute Gasteiger partial charge is 0.289 e. The van der Waals surface area contributed by atoms with Crippen LogP contribution in [-0.2, 0) is 10.0 Å². The van der Waals surface area contributed by atoms with Crippen LogP contribution >= 0.6 is 0 Å². The molecule has 2 aliphatic rings. The molecule has 1 aromatic carbocycles. The van der Waals surface area contributed by atoms with Gasteiger partial charge < -0.3 is 14.1 Å². The maximum absolute atomic E-state index is 13.2. The molecule has 3 heterocycles. The molecule has 144 valence electrons. The number of fused-ring (bicyclic) bond motifs is 1. The molecule has 2 aliphatic heterocycles. The van der Waals surface area contributed by atoms with Crippen LogP contribution < -0.4 is 4.74 Å². The van der Waals surface area contributed by atoms with Gasteiger partial charge in [0.2, 0.25) is 10.0 Å². The van der Waals surface area contributed by atoms with E-state index in [0.717, 1.165) is 0 Å². The van der Waals surface area contributed by atoms with Crippen molar-refractivity contribution in [2.75, 3.05) is 19.6 Å². The first-order valence-corrected chi connectivity index (χ1v) is 10.4. The Labute approximate surface area is 158 Å². The summed E-state index contributed by atoms with van der Waals surface area (Å²) in [6, 6.07) is 9.77. The molecule has 1 saturated heterocycles. The summed E-state index contributed by atoms with van der Waals surface area (Å²) in [6.45, 7) is 4.68. The van der Waals surface area contributed by atoms with E-state index in [-0.39, 0.29) is 29.1 Å². The van der Waals surface area contributed by atoms with Crippen LogP contribution in [0.4, 0.5) is 0 Å². The first kappa shape index (κ1) is 18.1. The lowest BCUT2D eigenvalue weighted by Gasteiger charge is -2.33. The van der Waals surface area contributed by atoms with Crippen molar-refractivity contribution < 1.29 is 22.4 Å². The lowest BCUT2D eigenvalue weighted by atomic mass is 10.0. The van der Waals surface area contributed by atoms with Crippen molar-refractivity contribution in [3.63, 3.8) is 0 Å². The van der Waals surface area contributed by atoms with Gasteiger partial charge in [-0.25, -0.2) is 8.42 Å². The summed E-state index contributed by atoms with van der Waals surface area (Å²) in [7, 11) is -3.68. The molecule has 7 nitrogen and oxygen atoms in total. The summed E-state index contributed by atoms with van der Waals surface area (Å²) < 4.78 is 39.3. The van der Waals surface area contributed by atoms with Gasteiger partial charge in [-0.1, -0.05) is 12.1 Å². The SMILES string of the molecule is CC(C)N1C[C@@]2(CCN(C(=O)c3ccco3)C2)Oc2ccccc2S1(=O)=O. The number of likely N-dealkylation sites (tertiary alicyclic amines) is 1. The van der Waals surface area contributed by atoms with Crippen LogP contribution in [0.15, 0.2) is 52.0 Å². The second-order valence-electron chi connectivity index (χ2n) is 7.33. The van der Waals surface area contributed by atoms with E-state index >= 15 is 0 Å². The summed E-state index contributed by atoms with van der Waals surface area (Å²) in [5.74, 6) is 0.402. The molecule has 2 aromatic rings. The number of para-hydroxylation sites is 1. The average Bonchev–Trinajstić information content (AvgIpc) is 3.28. The first-order valence-electron chi connectivity index (χ1n) is 8.95. The third kappa shape index (κ3) is 3.02. The highest BCUT2D eigenvalue weighted by Crippen LogP contribution is 2.39. The van der Waals surface area contributed by atoms with Crippen molar-refractivity contribution in [3.05, 3.63) is 48.4 Å². The van der Waals surface area contributed by atoms with E-state index < -0.39 is 15.6 Å². The van der Waals surface area contributed by atoms with Crippen LogP contribution in [0.2, 0.25) is 0 Å². The molecule has 1 spiro atoms. The highest BCUT2D eigenvalue weighted by molar-refractivity contribution is 7.89. The number of furan rings is 1. The standard InChI is InChI=1S/C19H22N2O5S/c1-14(2)21-13-19(26-15-6-3-4-8-17(15)27(21,23)24)9-10-20(12-19)18(22)16-7-5-11-25-16/h3-8,11,14H,9-10,12-13H2,1-2H3/t19-/m0/s1. The minimum Gasteiger partial charge on any atom is -0.483 e. The van der Waals surface area contributed by atoms with Crippen molar-refractivity contribution >= 4 is 15.9 Å². The molecule has 1 fully saturated rings. The van der Waals surface area contributed by atoms with Gasteiger partial charge in [-0.15, -0.1) is 0 Å². The third-order valence-corrected chi connectivity index (χ3v) is 7.18. The molecule has 0 N–H and O–H groups in total. The predicted octanol–water partition coefficient (Wildman–Crippen LogP) is 2.36. The summed E-state index contributed by atoms with van der Waals surface area (Å²) >= 11 is 0. The van der Waals surface area contributed by atoms with Crippen LogP contribution in [-0.4, -0.2) is 54.8 Å². The monoisotopic (exact) mass is 390 g/mol. The molecule has 4 rings (SSSR count). The van der Waals surface area contributed by atoms with E-state index in [1.165, 1.54) is 10.6 Å². The van der Waals surface area contributed by atoms with Gasteiger partial charge in [0, 0.05) is 19.0 Å². The van der Waals surface area contributed by atoms with Crippen LogP contribution in [0, 0.1) is 0 Å². The zero-order valence-corrected chi connectivity index (χ0v) is 16.1. The fourth-order valence-electron chi connectivity index (χ4n) is 3.76. The number of nitrogens with zero attached hydrogens (tertiary/aromatic N) is 2. The highest BCUT2D eigenvalue weighted by atomic mass is 32.2. The Morgan fingerprint density at radius 2 is 1.93 bits per heavy atom. The molecular weight excluding hydrogens is 368 g/mol. The van der Waals surface area contributed by atoms with E-state index in [9.17, 15) is 13.2 Å². The zero-order valence-electron chi connectivity index (χ0n) is 15.3. The van der Waals surface area contributed by atoms with Crippen LogP contribution in [0.1, 0.15) is 30.8 Å². The maximum Gasteiger partial charge on any atom is 0.289 e. The normalized spacial score (nSPS) is 24.6. The van der Waals surface area contributed by atoms with E-state index in [1.54, 1.807) is 41.3 Å². The molecule has 0 saturated carbocycles. The first-order chi connectivity index (χ1) is 12.8. The number of benzene rings is 1. The number of hydrogen-bond acceptors (Lipinski definition) is 5. The molecular formula is C19H22N2O5S. The second kappa shape index (κ2) is 6.38. The number of ether oxygens (including phenoxy) is 1. The number of sulfonamides is 1. The molecule has 0 bridgehead atoms. The Hall–Kier alpha value is -2.32. The Morgan fingerprint density at radius 1 is 1.15 bits per heavy atom. The van der Waals surface area contributed by atoms with Crippen molar-refractivity contribution in [2.45, 2.75) is 36.8 Å². The van der Waals surface area contributed by atoms with Gasteiger partial charge in [0.15, 0.2) is 5.76 Å². The molecule has 0 unspecified atom stereocenters. The van der Waals surface area contributed by atoms with Gasteiger partial charge in [0.05, 0.1) is 19.4 Å². The zero-order chi connectivity index (χ0) is 19.2. The van der Waals surface area contributed by atoms with Crippen molar-refractivity contribution in [3.8, 4) is 5.75 Å². The minimum atomic E-state index is -3.68. The number of carbonyl (C=O) groups excluding carboxylic acids is 1. The quantitative estimate of drug-likeness (QED) is 0.786. The molecule has 1 amide bonds. The fourth-order valence-corrected chi connectivity index (χ4v) is 5.58. The van der Waals surface area contributed by atoms with Gasteiger partial charge in [0.25, 0.3) is 5.91 Å². The van der Waals surface area contributed by atoms with Crippen LogP contribution in [0.25, 0.3) is 0 Å². The average molecular weight is 390 g/mol. The summed E-state index contributed by atoms with van der Waals surface area (Å²) in [4.78, 5) is 14.5. The molecule has 0 radical (unpaired) electrons. The minimum absolute atomic E-state index is 0.173. The van der Waals surface area contributed by atoms with Crippen molar-refractivity contribution in [1.29, 1.82) is 0 Å². The third-order valence-electron chi connectivity index (χ3n) is 5.12. The molecule has 1 aromatic heterocycles. The largest absolute Gasteiger partial charge is 0.483 e. The summed E-state index contributed by atoms with van der Waals surface area (Å²) in [5.41, 5.74) is -0.786. The fraction of sp³-hybridized carbons (Fsp3) is 0.421. The van der Waals surface area contributed by atoms with Gasteiger partial charge in [0.1, 0.15) is 16.2 Å². The Bertz CT molecular complexity index is 954. The Balaban J connectivity index is 1.71. The number of hydrogen-bond donors (Lipinski definition) is 0. The van der Waals surface area contributed by atoms with E-state index in [0.29, 0.717) is 25.3 Å². The van der Waals surface area contributed by atoms with Crippen LogP contribution in [0.3, 0.4) is 0 Å². The molecule has 8 heteroatoms. The molecule has 1 atom stereocenters. The second-order valence-corrected chi connectivity index (χ2v) is 9.19. The maximum atomic E-state index is 13.2. The highest BCUT2D eigenvalue weighted by Gasteiger charge is 2.49. The summed E-state index contributed by atoms with van der Waals surface area (Å²) in [5, 5.41) is 0. The molecule has 0 aliphatic carbocycles. The van der Waals surface area contributed by atoms with Crippen LogP contribution in [0.5, 0.6) is 5.75 Å². The molecule has 27 heavy (non-hydrogen) atoms. The summed E-state index contributed by atoms with van der Waals surface area (Å²) in [6.07, 6.45) is 2.01. The topological polar surface area (TPSA) is 80.1 Å². The van der Waals surface area contributed by atoms with Gasteiger partial charge >= 0.3 is 0 Å². The van der Waals surface area contributed by atoms with Crippen molar-refractivity contribution in [1.82, 2.24) is 9.21 Å². The van der Waals surface area contributed by atoms with E-state index in [4.69, 9.17) is 9.15 Å². The van der Waals surface area contributed by atoms with Gasteiger partial charge in [-0.3, -0.25) is 4.79 Å². The van der Waals surface area contributed by atoms with Crippen molar-refractivity contribution in [2.24, 2.45) is 0 Å². The van der Waals surface area contributed by atoms with E-state index in [2.05, 4.69) is 0 Å². The number of amides is 1. The lowest BCUT2D eigenvalue weighted by molar-refractivity contribution is 0.0473. The predicted molar refractivity (Wildman–Crippen MR) is 98.1 cm³/mol. The Kier molecular flexibility index (Phi) is 4.27. The number of rotatable bonds is 2. The van der Waals surface area contributed by atoms with Gasteiger partial charge in [-0.05, 0) is 38.1 Å².